The average Bonchev–Trinajstić information content (AvgIpc) is 2.25. The number of nitrogens with two attached hydrogens (primary N) is 1. The third kappa shape index (κ3) is 4.49. The van der Waals surface area contributed by atoms with Gasteiger partial charge in [0.2, 0.25) is 15.9 Å². The van der Waals surface area contributed by atoms with Crippen molar-refractivity contribution < 1.29 is 17.6 Å². The molecule has 106 valence electrons. The molecule has 0 aliphatic heterocycles. The summed E-state index contributed by atoms with van der Waals surface area (Å²) in [6.07, 6.45) is 0. The zero-order chi connectivity index (χ0) is 14.6. The molecule has 0 aromatic heterocycles. The first-order valence-electron chi connectivity index (χ1n) is 5.56. The van der Waals surface area contributed by atoms with Crippen molar-refractivity contribution in [2.24, 2.45) is 0 Å². The molecule has 0 aliphatic rings. The molecule has 1 rings (SSSR count). The Bertz CT molecular complexity index is 573. The number of halogens is 1. The SMILES string of the molecule is CC(C)NC(=O)CNS(=O)(=O)c1ccc(F)cc1N. The lowest BCUT2D eigenvalue weighted by Gasteiger charge is -2.11. The molecule has 0 saturated heterocycles. The highest BCUT2D eigenvalue weighted by Crippen LogP contribution is 2.18. The maximum atomic E-state index is 12.8. The van der Waals surface area contributed by atoms with E-state index in [1.165, 1.54) is 0 Å². The summed E-state index contributed by atoms with van der Waals surface area (Å²) in [6, 6.07) is 2.85. The van der Waals surface area contributed by atoms with Crippen molar-refractivity contribution in [3.05, 3.63) is 24.0 Å². The molecule has 0 aliphatic carbocycles. The number of nitrogen functional groups attached to an aromatic ring is 1. The van der Waals surface area contributed by atoms with Gasteiger partial charge in [-0.1, -0.05) is 0 Å². The van der Waals surface area contributed by atoms with Gasteiger partial charge in [-0.05, 0) is 32.0 Å². The quantitative estimate of drug-likeness (QED) is 0.674. The highest BCUT2D eigenvalue weighted by atomic mass is 32.2. The highest BCUT2D eigenvalue weighted by Gasteiger charge is 2.18. The first-order valence-corrected chi connectivity index (χ1v) is 7.05. The molecule has 0 heterocycles. The van der Waals surface area contributed by atoms with E-state index in [4.69, 9.17) is 5.73 Å². The minimum atomic E-state index is -3.94. The molecular formula is C11H16FN3O3S. The Morgan fingerprint density at radius 3 is 2.58 bits per heavy atom. The topological polar surface area (TPSA) is 101 Å². The Morgan fingerprint density at radius 1 is 1.42 bits per heavy atom. The predicted molar refractivity (Wildman–Crippen MR) is 69.3 cm³/mol. The Morgan fingerprint density at radius 2 is 2.05 bits per heavy atom. The third-order valence-electron chi connectivity index (χ3n) is 2.13. The van der Waals surface area contributed by atoms with Gasteiger partial charge in [0, 0.05) is 6.04 Å². The van der Waals surface area contributed by atoms with E-state index >= 15 is 0 Å². The van der Waals surface area contributed by atoms with Gasteiger partial charge in [0.1, 0.15) is 10.7 Å². The fourth-order valence-corrected chi connectivity index (χ4v) is 2.47. The fourth-order valence-electron chi connectivity index (χ4n) is 1.38. The summed E-state index contributed by atoms with van der Waals surface area (Å²) in [5, 5.41) is 2.53. The van der Waals surface area contributed by atoms with E-state index in [1.54, 1.807) is 13.8 Å². The zero-order valence-electron chi connectivity index (χ0n) is 10.6. The van der Waals surface area contributed by atoms with Crippen molar-refractivity contribution in [3.8, 4) is 0 Å². The van der Waals surface area contributed by atoms with Crippen molar-refractivity contribution >= 4 is 21.6 Å². The normalized spacial score (nSPS) is 11.6. The van der Waals surface area contributed by atoms with E-state index in [9.17, 15) is 17.6 Å². The first-order chi connectivity index (χ1) is 8.72. The molecular weight excluding hydrogens is 273 g/mol. The Labute approximate surface area is 111 Å². The minimum absolute atomic E-state index is 0.0899. The van der Waals surface area contributed by atoms with Gasteiger partial charge in [-0.3, -0.25) is 4.79 Å². The molecule has 6 nitrogen and oxygen atoms in total. The van der Waals surface area contributed by atoms with Crippen LogP contribution in [0, 0.1) is 5.82 Å². The highest BCUT2D eigenvalue weighted by molar-refractivity contribution is 7.89. The summed E-state index contributed by atoms with van der Waals surface area (Å²) in [6.45, 7) is 3.10. The van der Waals surface area contributed by atoms with Gasteiger partial charge >= 0.3 is 0 Å². The second-order valence-electron chi connectivity index (χ2n) is 4.23. The van der Waals surface area contributed by atoms with Crippen LogP contribution in [-0.4, -0.2) is 26.9 Å². The van der Waals surface area contributed by atoms with Crippen LogP contribution in [0.2, 0.25) is 0 Å². The van der Waals surface area contributed by atoms with Crippen LogP contribution < -0.4 is 15.8 Å². The molecule has 0 unspecified atom stereocenters. The molecule has 4 N–H and O–H groups in total. The van der Waals surface area contributed by atoms with Crippen molar-refractivity contribution in [2.45, 2.75) is 24.8 Å². The van der Waals surface area contributed by atoms with Gasteiger partial charge in [0.15, 0.2) is 0 Å². The van der Waals surface area contributed by atoms with Crippen molar-refractivity contribution in [1.29, 1.82) is 0 Å². The summed E-state index contributed by atoms with van der Waals surface area (Å²) in [5.74, 6) is -1.09. The molecule has 1 aromatic carbocycles. The van der Waals surface area contributed by atoms with Crippen LogP contribution in [0.1, 0.15) is 13.8 Å². The standard InChI is InChI=1S/C11H16FN3O3S/c1-7(2)15-11(16)6-14-19(17,18)10-4-3-8(12)5-9(10)13/h3-5,7,14H,6,13H2,1-2H3,(H,15,16). The largest absolute Gasteiger partial charge is 0.398 e. The number of sulfonamides is 1. The van der Waals surface area contributed by atoms with Crippen LogP contribution in [0.3, 0.4) is 0 Å². The van der Waals surface area contributed by atoms with Gasteiger partial charge in [-0.15, -0.1) is 0 Å². The second kappa shape index (κ2) is 5.98. The Balaban J connectivity index is 2.79. The molecule has 0 radical (unpaired) electrons. The summed E-state index contributed by atoms with van der Waals surface area (Å²) >= 11 is 0. The lowest BCUT2D eigenvalue weighted by atomic mass is 10.3. The molecule has 1 aromatic rings. The zero-order valence-corrected chi connectivity index (χ0v) is 11.4. The molecule has 0 spiro atoms. The van der Waals surface area contributed by atoms with Crippen LogP contribution in [0.25, 0.3) is 0 Å². The summed E-state index contributed by atoms with van der Waals surface area (Å²) in [4.78, 5) is 11.1. The maximum Gasteiger partial charge on any atom is 0.243 e. The van der Waals surface area contributed by atoms with E-state index < -0.39 is 28.3 Å². The number of hydrogen-bond donors (Lipinski definition) is 3. The van der Waals surface area contributed by atoms with Gasteiger partial charge in [0.05, 0.1) is 12.2 Å². The van der Waals surface area contributed by atoms with E-state index in [-0.39, 0.29) is 16.6 Å². The molecule has 0 fully saturated rings. The smallest absolute Gasteiger partial charge is 0.243 e. The van der Waals surface area contributed by atoms with Gasteiger partial charge < -0.3 is 11.1 Å². The molecule has 8 heteroatoms. The first kappa shape index (κ1) is 15.4. The maximum absolute atomic E-state index is 12.8. The molecule has 0 atom stereocenters. The van der Waals surface area contributed by atoms with Gasteiger partial charge in [0.25, 0.3) is 0 Å². The number of rotatable bonds is 5. The number of carbonyl (C=O) groups excluding carboxylic acids is 1. The van der Waals surface area contributed by atoms with Crippen molar-refractivity contribution in [3.63, 3.8) is 0 Å². The summed E-state index contributed by atoms with van der Waals surface area (Å²) in [5.41, 5.74) is 5.22. The van der Waals surface area contributed by atoms with Gasteiger partial charge in [-0.25, -0.2) is 17.5 Å². The van der Waals surface area contributed by atoms with Crippen LogP contribution in [0.4, 0.5) is 10.1 Å². The van der Waals surface area contributed by atoms with E-state index in [0.29, 0.717) is 0 Å². The number of amides is 1. The number of hydrogen-bond acceptors (Lipinski definition) is 4. The minimum Gasteiger partial charge on any atom is -0.398 e. The lowest BCUT2D eigenvalue weighted by molar-refractivity contribution is -0.120. The molecule has 1 amide bonds. The van der Waals surface area contributed by atoms with E-state index in [0.717, 1.165) is 18.2 Å². The number of nitrogens with one attached hydrogen (secondary N) is 2. The van der Waals surface area contributed by atoms with Gasteiger partial charge in [-0.2, -0.15) is 0 Å². The Kier molecular flexibility index (Phi) is 4.84. The Hall–Kier alpha value is -1.67. The van der Waals surface area contributed by atoms with Crippen LogP contribution >= 0.6 is 0 Å². The summed E-state index contributed by atoms with van der Waals surface area (Å²) in [7, 11) is -3.94. The van der Waals surface area contributed by atoms with Crippen molar-refractivity contribution in [2.75, 3.05) is 12.3 Å². The van der Waals surface area contributed by atoms with Crippen LogP contribution in [-0.2, 0) is 14.8 Å². The van der Waals surface area contributed by atoms with Crippen LogP contribution in [0.5, 0.6) is 0 Å². The number of anilines is 1. The second-order valence-corrected chi connectivity index (χ2v) is 5.96. The van der Waals surface area contributed by atoms with Crippen LogP contribution in [0.15, 0.2) is 23.1 Å². The number of benzene rings is 1. The molecule has 0 saturated carbocycles. The van der Waals surface area contributed by atoms with E-state index in [1.807, 2.05) is 0 Å². The van der Waals surface area contributed by atoms with E-state index in [2.05, 4.69) is 10.0 Å². The predicted octanol–water partition coefficient (Wildman–Crippen LogP) is 0.211. The molecule has 19 heavy (non-hydrogen) atoms. The lowest BCUT2D eigenvalue weighted by Crippen LogP contribution is -2.39. The average molecular weight is 289 g/mol. The fraction of sp³-hybridized carbons (Fsp3) is 0.364. The number of carbonyl (C=O) groups is 1. The van der Waals surface area contributed by atoms with Crippen molar-refractivity contribution in [1.82, 2.24) is 10.0 Å². The monoisotopic (exact) mass is 289 g/mol. The summed E-state index contributed by atoms with van der Waals surface area (Å²) < 4.78 is 38.7. The third-order valence-corrected chi connectivity index (χ3v) is 3.61. The molecule has 0 bridgehead atoms.